The molecule has 0 bridgehead atoms. The first kappa shape index (κ1) is 14.0. The predicted molar refractivity (Wildman–Crippen MR) is 78.8 cm³/mol. The van der Waals surface area contributed by atoms with Crippen LogP contribution in [-0.4, -0.2) is 0 Å². The van der Waals surface area contributed by atoms with Gasteiger partial charge in [-0.15, -0.1) is 0 Å². The molecule has 2 aromatic rings. The maximum absolute atomic E-state index is 5.30. The highest BCUT2D eigenvalue weighted by Gasteiger charge is 1.97. The fourth-order valence-corrected chi connectivity index (χ4v) is 1.52. The van der Waals surface area contributed by atoms with E-state index in [4.69, 9.17) is 11.7 Å². The highest BCUT2D eigenvalue weighted by molar-refractivity contribution is 5.67. The Bertz CT molecular complexity index is 403. The summed E-state index contributed by atoms with van der Waals surface area (Å²) < 4.78 is 0. The summed E-state index contributed by atoms with van der Waals surface area (Å²) in [6.07, 6.45) is 0. The minimum absolute atomic E-state index is 0.893. The highest BCUT2D eigenvalue weighted by Crippen LogP contribution is 2.22. The summed E-state index contributed by atoms with van der Waals surface area (Å²) >= 11 is 0. The van der Waals surface area contributed by atoms with Crippen LogP contribution in [-0.2, 0) is 0 Å². The maximum atomic E-state index is 5.30. The van der Waals surface area contributed by atoms with Crippen molar-refractivity contribution >= 4 is 11.4 Å². The smallest absolute Gasteiger partial charge is 0.0485 e. The van der Waals surface area contributed by atoms with Gasteiger partial charge in [0.2, 0.25) is 0 Å². The van der Waals surface area contributed by atoms with Crippen molar-refractivity contribution in [3.8, 4) is 11.1 Å². The zero-order valence-corrected chi connectivity index (χ0v) is 10.8. The molecule has 0 saturated heterocycles. The molecule has 2 rings (SSSR count). The van der Waals surface area contributed by atoms with Crippen LogP contribution < -0.4 is 22.5 Å². The van der Waals surface area contributed by atoms with Gasteiger partial charge in [0.05, 0.1) is 0 Å². The Kier molecular flexibility index (Phi) is 5.70. The lowest BCUT2D eigenvalue weighted by Crippen LogP contribution is -2.06. The number of hydrogen-bond acceptors (Lipinski definition) is 4. The van der Waals surface area contributed by atoms with Gasteiger partial charge in [0, 0.05) is 11.4 Å². The van der Waals surface area contributed by atoms with E-state index in [2.05, 4.69) is 10.9 Å². The van der Waals surface area contributed by atoms with Crippen molar-refractivity contribution in [2.24, 2.45) is 11.7 Å². The molecule has 4 nitrogen and oxygen atoms in total. The molecule has 0 radical (unpaired) electrons. The first-order valence-electron chi connectivity index (χ1n) is 5.97. The second-order valence-corrected chi connectivity index (χ2v) is 3.44. The molecule has 0 spiro atoms. The van der Waals surface area contributed by atoms with Crippen LogP contribution in [0.1, 0.15) is 13.8 Å². The molecule has 0 aromatic heterocycles. The molecule has 6 N–H and O–H groups in total. The first-order chi connectivity index (χ1) is 8.83. The molecular weight excluding hydrogens is 224 g/mol. The van der Waals surface area contributed by atoms with Crippen LogP contribution in [0.15, 0.2) is 48.5 Å². The number of hydrogen-bond donors (Lipinski definition) is 4. The number of rotatable bonds is 3. The summed E-state index contributed by atoms with van der Waals surface area (Å²) in [5.74, 6) is 10.6. The minimum atomic E-state index is 0.893. The Morgan fingerprint density at radius 3 is 1.11 bits per heavy atom. The normalized spacial score (nSPS) is 9.11. The molecule has 0 aliphatic heterocycles. The third kappa shape index (κ3) is 3.48. The molecule has 0 amide bonds. The van der Waals surface area contributed by atoms with Gasteiger partial charge < -0.3 is 10.9 Å². The van der Waals surface area contributed by atoms with Gasteiger partial charge >= 0.3 is 0 Å². The second kappa shape index (κ2) is 7.32. The van der Waals surface area contributed by atoms with Crippen LogP contribution in [0.2, 0.25) is 0 Å². The summed E-state index contributed by atoms with van der Waals surface area (Å²) in [6.45, 7) is 4.00. The number of nitrogen functional groups attached to an aromatic ring is 2. The van der Waals surface area contributed by atoms with Gasteiger partial charge in [-0.3, -0.25) is 11.7 Å². The third-order valence-electron chi connectivity index (χ3n) is 2.44. The molecule has 0 aliphatic carbocycles. The Balaban J connectivity index is 0.000000771. The number of hydrazine groups is 2. The number of benzene rings is 2. The Hall–Kier alpha value is -2.04. The molecule has 0 heterocycles. The summed E-state index contributed by atoms with van der Waals surface area (Å²) in [4.78, 5) is 0. The summed E-state index contributed by atoms with van der Waals surface area (Å²) in [6, 6.07) is 15.8. The van der Waals surface area contributed by atoms with Gasteiger partial charge in [-0.25, -0.2) is 0 Å². The fraction of sp³-hybridized carbons (Fsp3) is 0.143. The van der Waals surface area contributed by atoms with Crippen LogP contribution in [0.3, 0.4) is 0 Å². The topological polar surface area (TPSA) is 76.1 Å². The molecule has 18 heavy (non-hydrogen) atoms. The van der Waals surface area contributed by atoms with Gasteiger partial charge in [-0.2, -0.15) is 0 Å². The van der Waals surface area contributed by atoms with E-state index in [9.17, 15) is 0 Å². The largest absolute Gasteiger partial charge is 0.324 e. The monoisotopic (exact) mass is 244 g/mol. The lowest BCUT2D eigenvalue weighted by Gasteiger charge is -2.05. The quantitative estimate of drug-likeness (QED) is 0.494. The fourth-order valence-electron chi connectivity index (χ4n) is 1.52. The van der Waals surface area contributed by atoms with Crippen molar-refractivity contribution in [3.63, 3.8) is 0 Å². The van der Waals surface area contributed by atoms with Crippen molar-refractivity contribution in [1.82, 2.24) is 0 Å². The number of anilines is 2. The van der Waals surface area contributed by atoms with Crippen LogP contribution >= 0.6 is 0 Å². The van der Waals surface area contributed by atoms with Gasteiger partial charge in [-0.1, -0.05) is 38.1 Å². The maximum Gasteiger partial charge on any atom is 0.0485 e. The zero-order valence-electron chi connectivity index (χ0n) is 10.8. The Morgan fingerprint density at radius 1 is 0.611 bits per heavy atom. The van der Waals surface area contributed by atoms with Gasteiger partial charge in [0.25, 0.3) is 0 Å². The molecule has 4 heteroatoms. The van der Waals surface area contributed by atoms with Crippen LogP contribution in [0, 0.1) is 0 Å². The predicted octanol–water partition coefficient (Wildman–Crippen LogP) is 2.95. The van der Waals surface area contributed by atoms with E-state index in [1.165, 1.54) is 0 Å². The van der Waals surface area contributed by atoms with E-state index in [0.717, 1.165) is 22.5 Å². The molecule has 0 atom stereocenters. The minimum Gasteiger partial charge on any atom is -0.324 e. The number of nitrogens with one attached hydrogen (secondary N) is 2. The van der Waals surface area contributed by atoms with E-state index < -0.39 is 0 Å². The lowest BCUT2D eigenvalue weighted by atomic mass is 10.1. The molecule has 96 valence electrons. The molecule has 0 saturated carbocycles. The van der Waals surface area contributed by atoms with Crippen LogP contribution in [0.25, 0.3) is 11.1 Å². The standard InChI is InChI=1S/C12H14N4.C2H6/c13-15-11-5-1-9(2-6-11)10-3-7-12(16-14)8-4-10;1-2/h1-8,15-16H,13-14H2;1-2H3. The third-order valence-corrected chi connectivity index (χ3v) is 2.44. The van der Waals surface area contributed by atoms with E-state index in [1.54, 1.807) is 0 Å². The van der Waals surface area contributed by atoms with Crippen LogP contribution in [0.5, 0.6) is 0 Å². The van der Waals surface area contributed by atoms with Crippen molar-refractivity contribution in [3.05, 3.63) is 48.5 Å². The summed E-state index contributed by atoms with van der Waals surface area (Å²) in [5.41, 5.74) is 9.26. The summed E-state index contributed by atoms with van der Waals surface area (Å²) in [5, 5.41) is 0. The van der Waals surface area contributed by atoms with E-state index in [0.29, 0.717) is 0 Å². The SMILES string of the molecule is CC.NNc1ccc(-c2ccc(NN)cc2)cc1. The second-order valence-electron chi connectivity index (χ2n) is 3.44. The molecule has 0 fully saturated rings. The van der Waals surface area contributed by atoms with E-state index in [1.807, 2.05) is 62.4 Å². The van der Waals surface area contributed by atoms with E-state index >= 15 is 0 Å². The first-order valence-corrected chi connectivity index (χ1v) is 5.97. The molecule has 2 aromatic carbocycles. The molecular formula is C14H20N4. The Labute approximate surface area is 108 Å². The van der Waals surface area contributed by atoms with Crippen molar-refractivity contribution < 1.29 is 0 Å². The van der Waals surface area contributed by atoms with E-state index in [-0.39, 0.29) is 0 Å². The molecule has 0 aliphatic rings. The van der Waals surface area contributed by atoms with Crippen molar-refractivity contribution in [2.75, 3.05) is 10.9 Å². The average molecular weight is 244 g/mol. The summed E-state index contributed by atoms with van der Waals surface area (Å²) in [7, 11) is 0. The van der Waals surface area contributed by atoms with Gasteiger partial charge in [0.1, 0.15) is 0 Å². The van der Waals surface area contributed by atoms with Gasteiger partial charge in [-0.05, 0) is 35.4 Å². The Morgan fingerprint density at radius 2 is 0.889 bits per heavy atom. The lowest BCUT2D eigenvalue weighted by molar-refractivity contribution is 1.35. The highest BCUT2D eigenvalue weighted by atomic mass is 15.2. The average Bonchev–Trinajstić information content (AvgIpc) is 2.49. The van der Waals surface area contributed by atoms with Crippen molar-refractivity contribution in [2.45, 2.75) is 13.8 Å². The van der Waals surface area contributed by atoms with Gasteiger partial charge in [0.15, 0.2) is 0 Å². The molecule has 0 unspecified atom stereocenters. The number of nitrogens with two attached hydrogens (primary N) is 2. The van der Waals surface area contributed by atoms with Crippen LogP contribution in [0.4, 0.5) is 11.4 Å². The zero-order chi connectivity index (χ0) is 13.4. The van der Waals surface area contributed by atoms with Crippen molar-refractivity contribution in [1.29, 1.82) is 0 Å².